The molecule has 15 heavy (non-hydrogen) atoms. The van der Waals surface area contributed by atoms with E-state index < -0.39 is 10.9 Å². The zero-order valence-electron chi connectivity index (χ0n) is 9.07. The van der Waals surface area contributed by atoms with Crippen LogP contribution >= 0.6 is 0 Å². The van der Waals surface area contributed by atoms with E-state index in [-0.39, 0.29) is 25.6 Å². The van der Waals surface area contributed by atoms with Gasteiger partial charge in [-0.25, -0.2) is 4.79 Å². The number of ether oxygens (including phenoxy) is 1. The maximum Gasteiger partial charge on any atom is 0.330 e. The van der Waals surface area contributed by atoms with Crippen molar-refractivity contribution in [2.45, 2.75) is 0 Å². The maximum atomic E-state index is 10.7. The van der Waals surface area contributed by atoms with Crippen LogP contribution in [0.2, 0.25) is 0 Å². The highest BCUT2D eigenvalue weighted by Crippen LogP contribution is 2.06. The Morgan fingerprint density at radius 3 is 2.07 bits per heavy atom. The number of hydrogen-bond acceptors (Lipinski definition) is 5. The molecule has 0 bridgehead atoms. The van der Waals surface area contributed by atoms with Gasteiger partial charge in [0.25, 0.3) is 0 Å². The lowest BCUT2D eigenvalue weighted by Gasteiger charge is -2.24. The van der Waals surface area contributed by atoms with Crippen molar-refractivity contribution >= 4 is 5.97 Å². The van der Waals surface area contributed by atoms with Crippen molar-refractivity contribution in [2.75, 3.05) is 34.5 Å². The number of rotatable bonds is 7. The molecular formula is C8H16ClNO5. The Morgan fingerprint density at radius 2 is 1.73 bits per heavy atom. The zero-order valence-corrected chi connectivity index (χ0v) is 9.82. The molecule has 0 heterocycles. The normalized spacial score (nSPS) is 10.3. The fourth-order valence-corrected chi connectivity index (χ4v) is 0.814. The van der Waals surface area contributed by atoms with Gasteiger partial charge in [0.2, 0.25) is 6.54 Å². The van der Waals surface area contributed by atoms with E-state index in [0.29, 0.717) is 0 Å². The van der Waals surface area contributed by atoms with Gasteiger partial charge in [-0.3, -0.25) is 0 Å². The molecule has 0 aromatic heterocycles. The molecule has 0 fully saturated rings. The Balaban J connectivity index is 0. The maximum absolute atomic E-state index is 10.7. The molecule has 0 N–H and O–H groups in total. The van der Waals surface area contributed by atoms with Crippen molar-refractivity contribution in [3.05, 3.63) is 12.7 Å². The van der Waals surface area contributed by atoms with Crippen molar-refractivity contribution < 1.29 is 41.4 Å². The first kappa shape index (κ1) is 16.8. The van der Waals surface area contributed by atoms with Gasteiger partial charge in [0, 0.05) is 6.08 Å². The average Bonchev–Trinajstić information content (AvgIpc) is 2.25. The highest BCUT2D eigenvalue weighted by Gasteiger charge is 2.30. The standard InChI is InChI=1S/C8H16NO5.ClH/c1-5-8(10)14-7-6-9(11-2,12-3)13-4;/h5H,1,6-7H2,2-4H3;1H/q+1;/p-1. The molecule has 0 atom stereocenters. The topological polar surface area (TPSA) is 54.0 Å². The van der Waals surface area contributed by atoms with E-state index >= 15 is 0 Å². The Hall–Kier alpha value is -0.660. The van der Waals surface area contributed by atoms with Crippen LogP contribution in [-0.4, -0.2) is 45.4 Å². The van der Waals surface area contributed by atoms with Crippen LogP contribution in [0.1, 0.15) is 0 Å². The SMILES string of the molecule is C=CC(=O)OCC[N+](OC)(OC)OC.[Cl-]. The van der Waals surface area contributed by atoms with Gasteiger partial charge in [0.05, 0.1) is 4.97 Å². The lowest BCUT2D eigenvalue weighted by Crippen LogP contribution is -3.00. The quantitative estimate of drug-likeness (QED) is 0.209. The van der Waals surface area contributed by atoms with E-state index in [1.807, 2.05) is 0 Å². The summed E-state index contributed by atoms with van der Waals surface area (Å²) in [7, 11) is 4.26. The number of quaternary nitrogens is 1. The summed E-state index contributed by atoms with van der Waals surface area (Å²) in [5, 5.41) is 0. The molecule has 0 saturated carbocycles. The van der Waals surface area contributed by atoms with Crippen LogP contribution in [0, 0.1) is 0 Å². The van der Waals surface area contributed by atoms with Crippen LogP contribution in [0.25, 0.3) is 0 Å². The minimum absolute atomic E-state index is 0. The first-order valence-electron chi connectivity index (χ1n) is 3.98. The van der Waals surface area contributed by atoms with Crippen LogP contribution in [0.3, 0.4) is 0 Å². The van der Waals surface area contributed by atoms with Gasteiger partial charge in [-0.1, -0.05) is 6.58 Å². The minimum atomic E-state index is -0.496. The predicted molar refractivity (Wildman–Crippen MR) is 47.3 cm³/mol. The van der Waals surface area contributed by atoms with Crippen molar-refractivity contribution in [1.29, 1.82) is 0 Å². The molecule has 90 valence electrons. The zero-order chi connectivity index (χ0) is 11.0. The van der Waals surface area contributed by atoms with Crippen molar-refractivity contribution in [3.8, 4) is 0 Å². The monoisotopic (exact) mass is 241 g/mol. The fourth-order valence-electron chi connectivity index (χ4n) is 0.814. The largest absolute Gasteiger partial charge is 1.00 e. The van der Waals surface area contributed by atoms with Crippen molar-refractivity contribution in [2.24, 2.45) is 0 Å². The van der Waals surface area contributed by atoms with E-state index in [1.54, 1.807) is 0 Å². The molecule has 7 heteroatoms. The molecule has 0 aromatic carbocycles. The highest BCUT2D eigenvalue weighted by atomic mass is 35.5. The number of carbonyl (C=O) groups is 1. The molecule has 0 unspecified atom stereocenters. The molecule has 0 aromatic rings. The molecule has 0 aliphatic carbocycles. The van der Waals surface area contributed by atoms with E-state index in [2.05, 4.69) is 6.58 Å². The third-order valence-electron chi connectivity index (χ3n) is 1.61. The first-order valence-corrected chi connectivity index (χ1v) is 3.98. The van der Waals surface area contributed by atoms with E-state index in [1.165, 1.54) is 21.3 Å². The second-order valence-electron chi connectivity index (χ2n) is 2.25. The Bertz CT molecular complexity index is 187. The van der Waals surface area contributed by atoms with Gasteiger partial charge in [-0.15, -0.1) is 14.5 Å². The van der Waals surface area contributed by atoms with Gasteiger partial charge >= 0.3 is 5.97 Å². The molecular weight excluding hydrogens is 226 g/mol. The summed E-state index contributed by atoms with van der Waals surface area (Å²) in [6.07, 6.45) is 1.08. The minimum Gasteiger partial charge on any atom is -1.00 e. The van der Waals surface area contributed by atoms with Gasteiger partial charge in [0.1, 0.15) is 21.3 Å². The van der Waals surface area contributed by atoms with Crippen LogP contribution in [0.5, 0.6) is 0 Å². The van der Waals surface area contributed by atoms with Crippen LogP contribution in [0.15, 0.2) is 12.7 Å². The molecule has 0 spiro atoms. The molecule has 0 saturated heterocycles. The lowest BCUT2D eigenvalue weighted by atomic mass is 10.6. The van der Waals surface area contributed by atoms with Crippen LogP contribution in [-0.2, 0) is 24.0 Å². The van der Waals surface area contributed by atoms with Crippen molar-refractivity contribution in [1.82, 2.24) is 0 Å². The number of hydrogen-bond donors (Lipinski definition) is 0. The summed E-state index contributed by atoms with van der Waals surface area (Å²) in [4.78, 5) is 25.0. The van der Waals surface area contributed by atoms with E-state index in [4.69, 9.17) is 19.2 Å². The second kappa shape index (κ2) is 8.63. The molecule has 0 aliphatic rings. The van der Waals surface area contributed by atoms with Gasteiger partial charge < -0.3 is 17.1 Å². The summed E-state index contributed by atoms with van der Waals surface area (Å²) in [5.41, 5.74) is 0. The van der Waals surface area contributed by atoms with Gasteiger partial charge in [0.15, 0.2) is 6.61 Å². The van der Waals surface area contributed by atoms with Crippen LogP contribution < -0.4 is 12.4 Å². The molecule has 6 nitrogen and oxygen atoms in total. The number of nitrogens with zero attached hydrogens (tertiary/aromatic N) is 1. The van der Waals surface area contributed by atoms with Gasteiger partial charge in [-0.05, 0) is 0 Å². The number of esters is 1. The first-order chi connectivity index (χ1) is 6.64. The highest BCUT2D eigenvalue weighted by molar-refractivity contribution is 5.81. The molecule has 0 amide bonds. The molecule has 0 rings (SSSR count). The molecule has 0 aliphatic heterocycles. The summed E-state index contributed by atoms with van der Waals surface area (Å²) in [5.74, 6) is -0.494. The number of halogens is 1. The summed E-state index contributed by atoms with van der Waals surface area (Å²) < 4.78 is 4.74. The third kappa shape index (κ3) is 5.71. The number of carbonyl (C=O) groups excluding carboxylic acids is 1. The smallest absolute Gasteiger partial charge is 0.330 e. The molecule has 0 radical (unpaired) electrons. The third-order valence-corrected chi connectivity index (χ3v) is 1.61. The van der Waals surface area contributed by atoms with E-state index in [0.717, 1.165) is 6.08 Å². The van der Waals surface area contributed by atoms with Gasteiger partial charge in [-0.2, -0.15) is 0 Å². The van der Waals surface area contributed by atoms with Crippen molar-refractivity contribution in [3.63, 3.8) is 0 Å². The second-order valence-corrected chi connectivity index (χ2v) is 2.25. The lowest BCUT2D eigenvalue weighted by molar-refractivity contribution is -1.36. The fraction of sp³-hybridized carbons (Fsp3) is 0.625. The average molecular weight is 242 g/mol. The Morgan fingerprint density at radius 1 is 1.27 bits per heavy atom. The summed E-state index contributed by atoms with van der Waals surface area (Å²) >= 11 is 0. The van der Waals surface area contributed by atoms with Crippen LogP contribution in [0.4, 0.5) is 0 Å². The summed E-state index contributed by atoms with van der Waals surface area (Å²) in [6.45, 7) is 3.60. The van der Waals surface area contributed by atoms with E-state index in [9.17, 15) is 4.79 Å². The number of hydroxylamine groups is 3. The Kier molecular flexibility index (Phi) is 9.64. The predicted octanol–water partition coefficient (Wildman–Crippen LogP) is -2.78. The Labute approximate surface area is 95.2 Å². The summed E-state index contributed by atoms with van der Waals surface area (Å²) in [6, 6.07) is 0.